The van der Waals surface area contributed by atoms with E-state index in [2.05, 4.69) is 43.9 Å². The normalized spacial score (nSPS) is 15.1. The molecule has 4 rings (SSSR count). The lowest BCUT2D eigenvalue weighted by molar-refractivity contribution is 0.344. The summed E-state index contributed by atoms with van der Waals surface area (Å²) in [7, 11) is -3.46. The number of nitrogens with zero attached hydrogens (tertiary/aromatic N) is 1. The van der Waals surface area contributed by atoms with Gasteiger partial charge in [0.05, 0.1) is 0 Å². The number of thiophene rings is 2. The van der Waals surface area contributed by atoms with Gasteiger partial charge in [-0.05, 0) is 77.6 Å². The van der Waals surface area contributed by atoms with Crippen LogP contribution in [0.2, 0.25) is 0 Å². The molecule has 0 aliphatic carbocycles. The van der Waals surface area contributed by atoms with E-state index in [1.165, 1.54) is 35.3 Å². The van der Waals surface area contributed by atoms with Gasteiger partial charge in [0.25, 0.3) is 0 Å². The van der Waals surface area contributed by atoms with Crippen molar-refractivity contribution in [1.82, 2.24) is 14.9 Å². The molecule has 0 unspecified atom stereocenters. The number of hydrogen-bond acceptors (Lipinski definition) is 6. The average molecular weight is 462 g/mol. The largest absolute Gasteiger partial charge is 0.309 e. The first kappa shape index (κ1) is 21.7. The third kappa shape index (κ3) is 5.78. The highest BCUT2D eigenvalue weighted by atomic mass is 32.2. The second-order valence-electron chi connectivity index (χ2n) is 7.50. The Morgan fingerprint density at radius 1 is 1.00 bits per heavy atom. The number of sulfonamides is 1. The summed E-state index contributed by atoms with van der Waals surface area (Å²) in [5.41, 5.74) is 3.53. The van der Waals surface area contributed by atoms with Crippen molar-refractivity contribution in [2.45, 2.75) is 30.1 Å². The van der Waals surface area contributed by atoms with Crippen LogP contribution in [0.1, 0.15) is 24.0 Å². The van der Waals surface area contributed by atoms with E-state index in [1.54, 1.807) is 17.4 Å². The maximum atomic E-state index is 12.6. The van der Waals surface area contributed by atoms with Gasteiger partial charge in [-0.25, -0.2) is 13.1 Å². The van der Waals surface area contributed by atoms with Crippen molar-refractivity contribution in [3.63, 3.8) is 0 Å². The molecule has 1 saturated heterocycles. The van der Waals surface area contributed by atoms with Crippen molar-refractivity contribution in [1.29, 1.82) is 0 Å². The number of benzene rings is 1. The van der Waals surface area contributed by atoms with Gasteiger partial charge >= 0.3 is 0 Å². The highest BCUT2D eigenvalue weighted by molar-refractivity contribution is 7.91. The number of hydrogen-bond donors (Lipinski definition) is 2. The molecule has 3 heterocycles. The van der Waals surface area contributed by atoms with Crippen LogP contribution in [0.15, 0.2) is 57.4 Å². The summed E-state index contributed by atoms with van der Waals surface area (Å²) in [6.45, 7) is 5.00. The molecule has 160 valence electrons. The van der Waals surface area contributed by atoms with Gasteiger partial charge in [-0.3, -0.25) is 0 Å². The number of nitrogens with one attached hydrogen (secondary N) is 2. The van der Waals surface area contributed by atoms with Gasteiger partial charge in [-0.2, -0.15) is 11.3 Å². The van der Waals surface area contributed by atoms with E-state index in [-0.39, 0.29) is 0 Å². The summed E-state index contributed by atoms with van der Waals surface area (Å²) in [6, 6.07) is 14.0. The zero-order chi connectivity index (χ0) is 20.8. The first-order chi connectivity index (χ1) is 14.6. The molecule has 2 aromatic heterocycles. The standard InChI is InChI=1S/C22H27N3O2S3/c26-30(27,24-9-12-25-10-1-2-11-25)22-7-6-21(29-22)20-5-3-4-18(14-20)15-23-16-19-8-13-28-17-19/h3-8,13-14,17,23-24H,1-2,9-12,15-16H2. The molecule has 0 amide bonds. The Morgan fingerprint density at radius 3 is 2.63 bits per heavy atom. The van der Waals surface area contributed by atoms with Gasteiger partial charge in [0.15, 0.2) is 0 Å². The SMILES string of the molecule is O=S(=O)(NCCN1CCCC1)c1ccc(-c2cccc(CNCc3ccsc3)c2)s1. The summed E-state index contributed by atoms with van der Waals surface area (Å²) in [6.07, 6.45) is 2.42. The fourth-order valence-electron chi connectivity index (χ4n) is 3.61. The van der Waals surface area contributed by atoms with Crippen molar-refractivity contribution in [3.8, 4) is 10.4 Å². The Labute approximate surface area is 186 Å². The van der Waals surface area contributed by atoms with Crippen LogP contribution in [0.5, 0.6) is 0 Å². The third-order valence-electron chi connectivity index (χ3n) is 5.21. The van der Waals surface area contributed by atoms with Crippen LogP contribution in [-0.2, 0) is 23.1 Å². The van der Waals surface area contributed by atoms with E-state index in [4.69, 9.17) is 0 Å². The van der Waals surface area contributed by atoms with Gasteiger partial charge < -0.3 is 10.2 Å². The first-order valence-electron chi connectivity index (χ1n) is 10.2. The fraction of sp³-hybridized carbons (Fsp3) is 0.364. The van der Waals surface area contributed by atoms with Crippen LogP contribution in [0.3, 0.4) is 0 Å². The second kappa shape index (κ2) is 10.2. The predicted octanol–water partition coefficient (Wildman–Crippen LogP) is 4.14. The molecule has 3 aromatic rings. The maximum Gasteiger partial charge on any atom is 0.250 e. The third-order valence-corrected chi connectivity index (χ3v) is 9.03. The quantitative estimate of drug-likeness (QED) is 0.476. The molecule has 5 nitrogen and oxygen atoms in total. The Kier molecular flexibility index (Phi) is 7.35. The first-order valence-corrected chi connectivity index (χ1v) is 13.5. The zero-order valence-corrected chi connectivity index (χ0v) is 19.3. The molecule has 0 radical (unpaired) electrons. The Bertz CT molecular complexity index is 1040. The lowest BCUT2D eigenvalue weighted by Crippen LogP contribution is -2.33. The van der Waals surface area contributed by atoms with E-state index in [9.17, 15) is 8.42 Å². The molecule has 1 aliphatic heterocycles. The second-order valence-corrected chi connectivity index (χ2v) is 11.4. The van der Waals surface area contributed by atoms with Crippen molar-refractivity contribution < 1.29 is 8.42 Å². The molecule has 0 spiro atoms. The van der Waals surface area contributed by atoms with E-state index >= 15 is 0 Å². The average Bonchev–Trinajstić information content (AvgIpc) is 3.50. The molecule has 1 aromatic carbocycles. The van der Waals surface area contributed by atoms with Crippen LogP contribution in [0.4, 0.5) is 0 Å². The van der Waals surface area contributed by atoms with Crippen LogP contribution >= 0.6 is 22.7 Å². The minimum Gasteiger partial charge on any atom is -0.309 e. The van der Waals surface area contributed by atoms with Gasteiger partial charge in [0.1, 0.15) is 4.21 Å². The summed E-state index contributed by atoms with van der Waals surface area (Å²) >= 11 is 3.03. The number of rotatable bonds is 10. The van der Waals surface area contributed by atoms with E-state index in [0.717, 1.165) is 43.2 Å². The van der Waals surface area contributed by atoms with E-state index in [1.807, 2.05) is 18.2 Å². The highest BCUT2D eigenvalue weighted by Gasteiger charge is 2.18. The smallest absolute Gasteiger partial charge is 0.250 e. The molecular weight excluding hydrogens is 434 g/mol. The lowest BCUT2D eigenvalue weighted by atomic mass is 10.1. The van der Waals surface area contributed by atoms with Crippen molar-refractivity contribution >= 4 is 32.7 Å². The van der Waals surface area contributed by atoms with Gasteiger partial charge in [-0.15, -0.1) is 11.3 Å². The summed E-state index contributed by atoms with van der Waals surface area (Å²) in [4.78, 5) is 3.27. The summed E-state index contributed by atoms with van der Waals surface area (Å²) < 4.78 is 28.4. The minimum atomic E-state index is -3.46. The van der Waals surface area contributed by atoms with Gasteiger partial charge in [-0.1, -0.05) is 18.2 Å². The van der Waals surface area contributed by atoms with E-state index in [0.29, 0.717) is 10.8 Å². The topological polar surface area (TPSA) is 61.4 Å². The molecule has 0 atom stereocenters. The molecule has 1 fully saturated rings. The van der Waals surface area contributed by atoms with Crippen molar-refractivity contribution in [3.05, 3.63) is 64.4 Å². The molecule has 2 N–H and O–H groups in total. The fourth-order valence-corrected chi connectivity index (χ4v) is 6.65. The zero-order valence-electron chi connectivity index (χ0n) is 16.8. The summed E-state index contributed by atoms with van der Waals surface area (Å²) in [5.74, 6) is 0. The predicted molar refractivity (Wildman–Crippen MR) is 125 cm³/mol. The van der Waals surface area contributed by atoms with Crippen LogP contribution < -0.4 is 10.0 Å². The van der Waals surface area contributed by atoms with Crippen molar-refractivity contribution in [2.75, 3.05) is 26.2 Å². The molecular formula is C22H27N3O2S3. The molecule has 30 heavy (non-hydrogen) atoms. The monoisotopic (exact) mass is 461 g/mol. The van der Waals surface area contributed by atoms with Crippen molar-refractivity contribution in [2.24, 2.45) is 0 Å². The highest BCUT2D eigenvalue weighted by Crippen LogP contribution is 2.31. The molecule has 8 heteroatoms. The van der Waals surface area contributed by atoms with Gasteiger partial charge in [0.2, 0.25) is 10.0 Å². The lowest BCUT2D eigenvalue weighted by Gasteiger charge is -2.14. The van der Waals surface area contributed by atoms with Gasteiger partial charge in [0, 0.05) is 31.1 Å². The summed E-state index contributed by atoms with van der Waals surface area (Å²) in [5, 5.41) is 7.69. The van der Waals surface area contributed by atoms with Crippen LogP contribution in [0.25, 0.3) is 10.4 Å². The Hall–Kier alpha value is -1.55. The van der Waals surface area contributed by atoms with Crippen LogP contribution in [-0.4, -0.2) is 39.5 Å². The number of likely N-dealkylation sites (tertiary alicyclic amines) is 1. The minimum absolute atomic E-state index is 0.375. The molecule has 0 bridgehead atoms. The Morgan fingerprint density at radius 2 is 1.83 bits per heavy atom. The van der Waals surface area contributed by atoms with Crippen LogP contribution in [0, 0.1) is 0 Å². The maximum absolute atomic E-state index is 12.6. The molecule has 1 aliphatic rings. The Balaban J connectivity index is 1.35. The molecule has 0 saturated carbocycles. The van der Waals surface area contributed by atoms with E-state index < -0.39 is 10.0 Å².